The smallest absolute Gasteiger partial charge is 0.415 e. The Labute approximate surface area is 162 Å². The van der Waals surface area contributed by atoms with Gasteiger partial charge in [0.2, 0.25) is 11.8 Å². The first kappa shape index (κ1) is 18.0. The van der Waals surface area contributed by atoms with Gasteiger partial charge in [0.15, 0.2) is 0 Å². The van der Waals surface area contributed by atoms with E-state index in [1.165, 1.54) is 30.6 Å². The number of benzene rings is 1. The van der Waals surface area contributed by atoms with Gasteiger partial charge >= 0.3 is 12.1 Å². The molecule has 1 atom stereocenters. The van der Waals surface area contributed by atoms with Crippen LogP contribution in [0.4, 0.5) is 15.2 Å². The van der Waals surface area contributed by atoms with Crippen LogP contribution in [0, 0.1) is 5.95 Å². The summed E-state index contributed by atoms with van der Waals surface area (Å²) < 4.78 is 19.4. The van der Waals surface area contributed by atoms with Crippen molar-refractivity contribution >= 4 is 33.7 Å². The lowest BCUT2D eigenvalue weighted by Gasteiger charge is -2.06. The summed E-state index contributed by atoms with van der Waals surface area (Å²) in [7, 11) is 1.33. The average Bonchev–Trinajstić information content (AvgIpc) is 3.34. The summed E-state index contributed by atoms with van der Waals surface area (Å²) >= 11 is 1.47. The molecule has 1 amide bonds. The summed E-state index contributed by atoms with van der Waals surface area (Å²) in [4.78, 5) is 20.1. The molecule has 28 heavy (non-hydrogen) atoms. The fourth-order valence-electron chi connectivity index (χ4n) is 2.58. The molecule has 0 aliphatic rings. The highest BCUT2D eigenvalue weighted by molar-refractivity contribution is 7.18. The minimum Gasteiger partial charge on any atom is -0.465 e. The number of aromatic nitrogens is 4. The van der Waals surface area contributed by atoms with Crippen molar-refractivity contribution < 1.29 is 18.7 Å². The molecule has 0 saturated carbocycles. The third-order valence-electron chi connectivity index (χ3n) is 4.21. The standard InChI is InChI=1S/C18H14FN5O3S/c1-9(15-22-23-17(27-15)24(2)18(25)26)16-21-12-5-3-10(7-13(12)28-16)11-4-6-14(19)20-8-11/h3-9H,1-2H3,(H,25,26). The van der Waals surface area contributed by atoms with Crippen molar-refractivity contribution in [3.63, 3.8) is 0 Å². The topological polar surface area (TPSA) is 105 Å². The van der Waals surface area contributed by atoms with Crippen molar-refractivity contribution in [2.45, 2.75) is 12.8 Å². The van der Waals surface area contributed by atoms with Crippen molar-refractivity contribution in [2.24, 2.45) is 0 Å². The molecule has 0 fully saturated rings. The van der Waals surface area contributed by atoms with Crippen LogP contribution >= 0.6 is 11.3 Å². The molecule has 3 aromatic heterocycles. The van der Waals surface area contributed by atoms with Crippen LogP contribution < -0.4 is 4.90 Å². The van der Waals surface area contributed by atoms with Gasteiger partial charge in [-0.25, -0.2) is 19.7 Å². The molecule has 0 spiro atoms. The predicted molar refractivity (Wildman–Crippen MR) is 101 cm³/mol. The lowest BCUT2D eigenvalue weighted by atomic mass is 10.1. The predicted octanol–water partition coefficient (Wildman–Crippen LogP) is 4.15. The summed E-state index contributed by atoms with van der Waals surface area (Å²) in [6.07, 6.45) is 0.297. The highest BCUT2D eigenvalue weighted by atomic mass is 32.1. The van der Waals surface area contributed by atoms with Crippen LogP contribution in [0.5, 0.6) is 0 Å². The van der Waals surface area contributed by atoms with Gasteiger partial charge in [0.25, 0.3) is 0 Å². The third kappa shape index (κ3) is 3.29. The molecular formula is C18H14FN5O3S. The second kappa shape index (κ2) is 6.97. The number of halogens is 1. The maximum Gasteiger partial charge on any atom is 0.415 e. The molecule has 10 heteroatoms. The lowest BCUT2D eigenvalue weighted by Crippen LogP contribution is -2.23. The maximum atomic E-state index is 13.0. The Bertz CT molecular complexity index is 1160. The number of anilines is 1. The molecule has 3 heterocycles. The van der Waals surface area contributed by atoms with E-state index in [-0.39, 0.29) is 17.8 Å². The zero-order valence-corrected chi connectivity index (χ0v) is 15.6. The van der Waals surface area contributed by atoms with E-state index >= 15 is 0 Å². The molecule has 1 aromatic carbocycles. The molecular weight excluding hydrogens is 385 g/mol. The third-order valence-corrected chi connectivity index (χ3v) is 5.41. The van der Waals surface area contributed by atoms with E-state index < -0.39 is 12.0 Å². The van der Waals surface area contributed by atoms with Crippen molar-refractivity contribution in [3.05, 3.63) is 53.4 Å². The van der Waals surface area contributed by atoms with Crippen LogP contribution in [0.2, 0.25) is 0 Å². The monoisotopic (exact) mass is 399 g/mol. The number of fused-ring (bicyclic) bond motifs is 1. The minimum absolute atomic E-state index is 0.0958. The summed E-state index contributed by atoms with van der Waals surface area (Å²) in [6.45, 7) is 1.86. The van der Waals surface area contributed by atoms with Crippen LogP contribution in [0.1, 0.15) is 23.7 Å². The van der Waals surface area contributed by atoms with E-state index in [1.54, 1.807) is 6.07 Å². The van der Waals surface area contributed by atoms with Crippen molar-refractivity contribution in [3.8, 4) is 11.1 Å². The molecule has 1 N–H and O–H groups in total. The molecule has 142 valence electrons. The number of hydrogen-bond donors (Lipinski definition) is 1. The Hall–Kier alpha value is -3.40. The van der Waals surface area contributed by atoms with Crippen LogP contribution in [0.25, 0.3) is 21.3 Å². The first-order valence-electron chi connectivity index (χ1n) is 8.25. The van der Waals surface area contributed by atoms with E-state index in [1.807, 2.05) is 25.1 Å². The number of rotatable bonds is 4. The molecule has 4 rings (SSSR count). The van der Waals surface area contributed by atoms with Crippen LogP contribution in [0.3, 0.4) is 0 Å². The number of amides is 1. The zero-order valence-electron chi connectivity index (χ0n) is 14.8. The largest absolute Gasteiger partial charge is 0.465 e. The molecule has 0 aliphatic heterocycles. The van der Waals surface area contributed by atoms with Gasteiger partial charge in [0, 0.05) is 18.8 Å². The fourth-order valence-corrected chi connectivity index (χ4v) is 3.63. The minimum atomic E-state index is -1.19. The summed E-state index contributed by atoms with van der Waals surface area (Å²) in [5.41, 5.74) is 2.53. The number of carbonyl (C=O) groups is 1. The molecule has 4 aromatic rings. The number of pyridine rings is 1. The van der Waals surface area contributed by atoms with Gasteiger partial charge in [0.05, 0.1) is 16.1 Å². The number of hydrogen-bond acceptors (Lipinski definition) is 7. The van der Waals surface area contributed by atoms with Crippen LogP contribution in [0.15, 0.2) is 40.9 Å². The van der Waals surface area contributed by atoms with E-state index in [9.17, 15) is 9.18 Å². The van der Waals surface area contributed by atoms with Crippen LogP contribution in [-0.2, 0) is 0 Å². The Morgan fingerprint density at radius 1 is 1.25 bits per heavy atom. The average molecular weight is 399 g/mol. The summed E-state index contributed by atoms with van der Waals surface area (Å²) in [6, 6.07) is 8.65. The van der Waals surface area contributed by atoms with Gasteiger partial charge in [-0.3, -0.25) is 0 Å². The first-order valence-corrected chi connectivity index (χ1v) is 9.06. The summed E-state index contributed by atoms with van der Waals surface area (Å²) in [5, 5.41) is 17.5. The number of thiazole rings is 1. The Kier molecular flexibility index (Phi) is 4.47. The SMILES string of the molecule is CC(c1nnc(N(C)C(=O)O)o1)c1nc2ccc(-c3ccc(F)nc3)cc2s1. The van der Waals surface area contributed by atoms with E-state index in [2.05, 4.69) is 20.2 Å². The molecule has 1 unspecified atom stereocenters. The van der Waals surface area contributed by atoms with Gasteiger partial charge in [-0.2, -0.15) is 4.39 Å². The molecule has 0 saturated heterocycles. The second-order valence-electron chi connectivity index (χ2n) is 6.09. The van der Waals surface area contributed by atoms with Gasteiger partial charge < -0.3 is 9.52 Å². The van der Waals surface area contributed by atoms with E-state index in [4.69, 9.17) is 9.52 Å². The Morgan fingerprint density at radius 3 is 2.75 bits per heavy atom. The Balaban J connectivity index is 1.64. The maximum absolute atomic E-state index is 13.0. The number of nitrogens with zero attached hydrogens (tertiary/aromatic N) is 5. The van der Waals surface area contributed by atoms with Gasteiger partial charge in [-0.15, -0.1) is 16.4 Å². The Morgan fingerprint density at radius 2 is 2.04 bits per heavy atom. The van der Waals surface area contributed by atoms with Crippen molar-refractivity contribution in [1.29, 1.82) is 0 Å². The van der Waals surface area contributed by atoms with Crippen molar-refractivity contribution in [1.82, 2.24) is 20.2 Å². The first-order chi connectivity index (χ1) is 13.4. The van der Waals surface area contributed by atoms with E-state index in [0.29, 0.717) is 0 Å². The second-order valence-corrected chi connectivity index (χ2v) is 7.15. The molecule has 0 radical (unpaired) electrons. The van der Waals surface area contributed by atoms with Gasteiger partial charge in [-0.05, 0) is 36.8 Å². The number of carboxylic acid groups (broad SMARTS) is 1. The normalized spacial score (nSPS) is 12.2. The molecule has 8 nitrogen and oxygen atoms in total. The lowest BCUT2D eigenvalue weighted by molar-refractivity contribution is 0.201. The van der Waals surface area contributed by atoms with Gasteiger partial charge in [-0.1, -0.05) is 11.2 Å². The summed E-state index contributed by atoms with van der Waals surface area (Å²) in [5.74, 6) is -0.534. The highest BCUT2D eigenvalue weighted by Crippen LogP contribution is 2.34. The van der Waals surface area contributed by atoms with Crippen molar-refractivity contribution in [2.75, 3.05) is 11.9 Å². The molecule has 0 aliphatic carbocycles. The zero-order chi connectivity index (χ0) is 19.8. The van der Waals surface area contributed by atoms with E-state index in [0.717, 1.165) is 31.3 Å². The highest BCUT2D eigenvalue weighted by Gasteiger charge is 2.23. The quantitative estimate of drug-likeness (QED) is 0.514. The fraction of sp³-hybridized carbons (Fsp3) is 0.167. The van der Waals surface area contributed by atoms with Crippen LogP contribution in [-0.4, -0.2) is 38.4 Å². The molecule has 0 bridgehead atoms. The van der Waals surface area contributed by atoms with Gasteiger partial charge in [0.1, 0.15) is 5.01 Å².